The van der Waals surface area contributed by atoms with E-state index in [-0.39, 0.29) is 5.69 Å². The van der Waals surface area contributed by atoms with Crippen LogP contribution in [0.3, 0.4) is 0 Å². The molecule has 8 nitrogen and oxygen atoms in total. The van der Waals surface area contributed by atoms with Crippen LogP contribution in [0.1, 0.15) is 10.5 Å². The van der Waals surface area contributed by atoms with E-state index in [9.17, 15) is 9.59 Å². The van der Waals surface area contributed by atoms with Crippen LogP contribution in [0.4, 0.5) is 0 Å². The Balaban J connectivity index is 2.13. The number of nitrogens with one attached hydrogen (secondary N) is 1. The number of nitrogens with zero attached hydrogens (tertiary/aromatic N) is 3. The third-order valence-corrected chi connectivity index (χ3v) is 2.53. The predicted octanol–water partition coefficient (Wildman–Crippen LogP) is -0.557. The highest BCUT2D eigenvalue weighted by Crippen LogP contribution is 2.05. The van der Waals surface area contributed by atoms with Gasteiger partial charge in [-0.25, -0.2) is 9.48 Å². The van der Waals surface area contributed by atoms with Crippen LogP contribution in [-0.4, -0.2) is 49.7 Å². The first-order valence-electron chi connectivity index (χ1n) is 5.74. The minimum Gasteiger partial charge on any atom is -0.480 e. The number of aromatic nitrogens is 3. The minimum atomic E-state index is -1.37. The molecule has 0 aliphatic heterocycles. The Morgan fingerprint density at radius 2 is 2.00 bits per heavy atom. The van der Waals surface area contributed by atoms with Crippen molar-refractivity contribution in [3.05, 3.63) is 42.2 Å². The van der Waals surface area contributed by atoms with Crippen LogP contribution in [0.15, 0.2) is 36.5 Å². The summed E-state index contributed by atoms with van der Waals surface area (Å²) in [4.78, 5) is 22.5. The largest absolute Gasteiger partial charge is 0.480 e. The second-order valence-electron chi connectivity index (χ2n) is 3.93. The average molecular weight is 276 g/mol. The van der Waals surface area contributed by atoms with E-state index in [0.717, 1.165) is 5.69 Å². The van der Waals surface area contributed by atoms with E-state index in [1.54, 1.807) is 12.1 Å². The molecule has 0 spiro atoms. The molecule has 0 bridgehead atoms. The average Bonchev–Trinajstić information content (AvgIpc) is 2.95. The zero-order valence-corrected chi connectivity index (χ0v) is 10.3. The van der Waals surface area contributed by atoms with E-state index >= 15 is 0 Å². The summed E-state index contributed by atoms with van der Waals surface area (Å²) in [5.74, 6) is -2.04. The number of aliphatic hydroxyl groups is 1. The molecule has 1 atom stereocenters. The molecule has 104 valence electrons. The maximum atomic E-state index is 11.8. The fourth-order valence-electron chi connectivity index (χ4n) is 1.49. The number of benzene rings is 1. The van der Waals surface area contributed by atoms with Gasteiger partial charge in [-0.2, -0.15) is 0 Å². The summed E-state index contributed by atoms with van der Waals surface area (Å²) in [5, 5.41) is 27.2. The summed E-state index contributed by atoms with van der Waals surface area (Å²) in [5.41, 5.74) is 0.685. The molecule has 8 heteroatoms. The Bertz CT molecular complexity index is 611. The molecule has 0 saturated heterocycles. The number of amides is 1. The van der Waals surface area contributed by atoms with Crippen LogP contribution in [-0.2, 0) is 4.79 Å². The highest BCUT2D eigenvalue weighted by molar-refractivity contribution is 5.94. The first kappa shape index (κ1) is 13.7. The van der Waals surface area contributed by atoms with Gasteiger partial charge in [0.1, 0.15) is 0 Å². The zero-order chi connectivity index (χ0) is 14.5. The summed E-state index contributed by atoms with van der Waals surface area (Å²) < 4.78 is 1.39. The third-order valence-electron chi connectivity index (χ3n) is 2.53. The van der Waals surface area contributed by atoms with Gasteiger partial charge < -0.3 is 15.5 Å². The van der Waals surface area contributed by atoms with E-state index in [0.29, 0.717) is 0 Å². The third kappa shape index (κ3) is 2.98. The summed E-state index contributed by atoms with van der Waals surface area (Å²) >= 11 is 0. The summed E-state index contributed by atoms with van der Waals surface area (Å²) in [7, 11) is 0. The van der Waals surface area contributed by atoms with Crippen molar-refractivity contribution < 1.29 is 19.8 Å². The smallest absolute Gasteiger partial charge is 0.328 e. The maximum Gasteiger partial charge on any atom is 0.328 e. The van der Waals surface area contributed by atoms with Crippen molar-refractivity contribution in [2.24, 2.45) is 0 Å². The molecule has 0 radical (unpaired) electrons. The van der Waals surface area contributed by atoms with Gasteiger partial charge in [-0.15, -0.1) is 5.10 Å². The Morgan fingerprint density at radius 1 is 1.30 bits per heavy atom. The molecule has 1 heterocycles. The number of hydrogen-bond donors (Lipinski definition) is 3. The highest BCUT2D eigenvalue weighted by atomic mass is 16.4. The van der Waals surface area contributed by atoms with Gasteiger partial charge in [0, 0.05) is 0 Å². The molecular weight excluding hydrogens is 264 g/mol. The molecule has 0 saturated carbocycles. The lowest BCUT2D eigenvalue weighted by atomic mass is 10.3. The second-order valence-corrected chi connectivity index (χ2v) is 3.93. The molecule has 3 N–H and O–H groups in total. The highest BCUT2D eigenvalue weighted by Gasteiger charge is 2.21. The SMILES string of the molecule is O=C(NC(CO)C(=O)O)c1cn(-c2ccccc2)nn1. The lowest BCUT2D eigenvalue weighted by Gasteiger charge is -2.09. The van der Waals surface area contributed by atoms with E-state index in [4.69, 9.17) is 10.2 Å². The van der Waals surface area contributed by atoms with E-state index in [1.807, 2.05) is 18.2 Å². The van der Waals surface area contributed by atoms with Gasteiger partial charge in [-0.05, 0) is 12.1 Å². The van der Waals surface area contributed by atoms with Crippen molar-refractivity contribution in [1.29, 1.82) is 0 Å². The number of carbonyl (C=O) groups is 2. The van der Waals surface area contributed by atoms with E-state index in [1.165, 1.54) is 10.9 Å². The number of carboxylic acid groups (broad SMARTS) is 1. The molecule has 1 unspecified atom stereocenters. The first-order valence-corrected chi connectivity index (χ1v) is 5.74. The number of para-hydroxylation sites is 1. The molecule has 0 aliphatic rings. The summed E-state index contributed by atoms with van der Waals surface area (Å²) in [6.45, 7) is -0.701. The van der Waals surface area contributed by atoms with Gasteiger partial charge in [0.15, 0.2) is 11.7 Å². The quantitative estimate of drug-likeness (QED) is 0.674. The van der Waals surface area contributed by atoms with Gasteiger partial charge in [0.2, 0.25) is 0 Å². The number of aliphatic hydroxyl groups excluding tert-OH is 1. The summed E-state index contributed by atoms with van der Waals surface area (Å²) in [6, 6.07) is 7.65. The van der Waals surface area contributed by atoms with Crippen molar-refractivity contribution in [2.75, 3.05) is 6.61 Å². The van der Waals surface area contributed by atoms with E-state index in [2.05, 4.69) is 15.6 Å². The van der Waals surface area contributed by atoms with Crippen LogP contribution >= 0.6 is 0 Å². The van der Waals surface area contributed by atoms with Crippen LogP contribution in [0.25, 0.3) is 5.69 Å². The number of carbonyl (C=O) groups excluding carboxylic acids is 1. The first-order chi connectivity index (χ1) is 9.61. The number of rotatable bonds is 5. The van der Waals surface area contributed by atoms with Crippen LogP contribution in [0.5, 0.6) is 0 Å². The van der Waals surface area contributed by atoms with Crippen LogP contribution in [0.2, 0.25) is 0 Å². The lowest BCUT2D eigenvalue weighted by Crippen LogP contribution is -2.43. The predicted molar refractivity (Wildman–Crippen MR) is 67.3 cm³/mol. The number of carboxylic acids is 1. The Hall–Kier alpha value is -2.74. The standard InChI is InChI=1S/C12H12N4O4/c17-7-10(12(19)20)13-11(18)9-6-16(15-14-9)8-4-2-1-3-5-8/h1-6,10,17H,7H2,(H,13,18)(H,19,20). The zero-order valence-electron chi connectivity index (χ0n) is 10.3. The van der Waals surface area contributed by atoms with Crippen molar-refractivity contribution in [3.63, 3.8) is 0 Å². The fourth-order valence-corrected chi connectivity index (χ4v) is 1.49. The maximum absolute atomic E-state index is 11.8. The second kappa shape index (κ2) is 5.93. The Morgan fingerprint density at radius 3 is 2.60 bits per heavy atom. The van der Waals surface area contributed by atoms with Gasteiger partial charge in [0.05, 0.1) is 18.5 Å². The molecule has 1 aromatic carbocycles. The lowest BCUT2D eigenvalue weighted by molar-refractivity contribution is -0.140. The van der Waals surface area contributed by atoms with Gasteiger partial charge >= 0.3 is 5.97 Å². The molecule has 0 fully saturated rings. The van der Waals surface area contributed by atoms with Gasteiger partial charge in [-0.1, -0.05) is 23.4 Å². The fraction of sp³-hybridized carbons (Fsp3) is 0.167. The molecule has 2 aromatic rings. The molecule has 20 heavy (non-hydrogen) atoms. The normalized spacial score (nSPS) is 11.8. The number of aliphatic carboxylic acids is 1. The molecule has 2 rings (SSSR count). The van der Waals surface area contributed by atoms with Crippen LogP contribution in [0, 0.1) is 0 Å². The molecule has 1 amide bonds. The van der Waals surface area contributed by atoms with Crippen molar-refractivity contribution in [3.8, 4) is 5.69 Å². The summed E-state index contributed by atoms with van der Waals surface area (Å²) in [6.07, 6.45) is 1.38. The van der Waals surface area contributed by atoms with Gasteiger partial charge in [0.25, 0.3) is 5.91 Å². The topological polar surface area (TPSA) is 117 Å². The number of hydrogen-bond acceptors (Lipinski definition) is 5. The molecular formula is C12H12N4O4. The monoisotopic (exact) mass is 276 g/mol. The minimum absolute atomic E-state index is 0.0337. The van der Waals surface area contributed by atoms with Crippen molar-refractivity contribution in [2.45, 2.75) is 6.04 Å². The van der Waals surface area contributed by atoms with Gasteiger partial charge in [-0.3, -0.25) is 4.79 Å². The van der Waals surface area contributed by atoms with Crippen LogP contribution < -0.4 is 5.32 Å². The Kier molecular flexibility index (Phi) is 4.06. The van der Waals surface area contributed by atoms with E-state index < -0.39 is 24.5 Å². The van der Waals surface area contributed by atoms with Crippen molar-refractivity contribution >= 4 is 11.9 Å². The molecule has 0 aliphatic carbocycles. The molecule has 1 aromatic heterocycles. The van der Waals surface area contributed by atoms with Crippen molar-refractivity contribution in [1.82, 2.24) is 20.3 Å². The Labute approximate surface area is 113 Å².